The summed E-state index contributed by atoms with van der Waals surface area (Å²) in [7, 11) is 0. The summed E-state index contributed by atoms with van der Waals surface area (Å²) in [5.74, 6) is -0.384. The van der Waals surface area contributed by atoms with Crippen molar-refractivity contribution < 1.29 is 14.3 Å². The molecule has 104 valence electrons. The third-order valence-corrected chi connectivity index (χ3v) is 2.84. The zero-order chi connectivity index (χ0) is 14.1. The Morgan fingerprint density at radius 3 is 2.58 bits per heavy atom. The van der Waals surface area contributed by atoms with E-state index in [0.29, 0.717) is 19.6 Å². The molecule has 1 aromatic rings. The predicted octanol–water partition coefficient (Wildman–Crippen LogP) is 3.58. The third-order valence-electron chi connectivity index (χ3n) is 2.84. The Morgan fingerprint density at radius 1 is 1.32 bits per heavy atom. The first-order valence-corrected chi connectivity index (χ1v) is 6.64. The maximum absolute atomic E-state index is 10.8. The van der Waals surface area contributed by atoms with Crippen molar-refractivity contribution in [3.8, 4) is 0 Å². The van der Waals surface area contributed by atoms with Gasteiger partial charge in [-0.1, -0.05) is 43.3 Å². The van der Waals surface area contributed by atoms with Crippen LogP contribution >= 0.6 is 0 Å². The van der Waals surface area contributed by atoms with Crippen molar-refractivity contribution in [2.75, 3.05) is 13.2 Å². The number of ether oxygens (including phenoxy) is 2. The van der Waals surface area contributed by atoms with Gasteiger partial charge in [0.25, 0.3) is 0 Å². The van der Waals surface area contributed by atoms with E-state index >= 15 is 0 Å². The van der Waals surface area contributed by atoms with Crippen LogP contribution in [0.3, 0.4) is 0 Å². The zero-order valence-corrected chi connectivity index (χ0v) is 11.7. The van der Waals surface area contributed by atoms with Gasteiger partial charge in [0.15, 0.2) is 0 Å². The Balaban J connectivity index is 2.31. The van der Waals surface area contributed by atoms with Gasteiger partial charge in [0.2, 0.25) is 0 Å². The molecule has 0 radical (unpaired) electrons. The van der Waals surface area contributed by atoms with Gasteiger partial charge < -0.3 is 9.47 Å². The van der Waals surface area contributed by atoms with Gasteiger partial charge in [-0.05, 0) is 18.9 Å². The number of hydrogen-bond acceptors (Lipinski definition) is 3. The molecular weight excluding hydrogens is 240 g/mol. The molecule has 0 aliphatic carbocycles. The van der Waals surface area contributed by atoms with Crippen molar-refractivity contribution >= 4 is 5.97 Å². The van der Waals surface area contributed by atoms with E-state index in [1.165, 1.54) is 17.2 Å². The third kappa shape index (κ3) is 5.71. The van der Waals surface area contributed by atoms with E-state index in [1.54, 1.807) is 0 Å². The van der Waals surface area contributed by atoms with Crippen molar-refractivity contribution in [2.45, 2.75) is 32.8 Å². The van der Waals surface area contributed by atoms with Crippen LogP contribution in [0.4, 0.5) is 0 Å². The number of carbonyl (C=O) groups excluding carboxylic acids is 1. The molecule has 0 bridgehead atoms. The Bertz CT molecular complexity index is 395. The largest absolute Gasteiger partial charge is 0.462 e. The normalized spacial score (nSPS) is 11.9. The van der Waals surface area contributed by atoms with Crippen LogP contribution in [0.15, 0.2) is 36.9 Å². The lowest BCUT2D eigenvalue weighted by Gasteiger charge is -2.16. The van der Waals surface area contributed by atoms with E-state index in [9.17, 15) is 4.79 Å². The summed E-state index contributed by atoms with van der Waals surface area (Å²) in [5, 5.41) is 0. The van der Waals surface area contributed by atoms with Crippen LogP contribution in [-0.2, 0) is 14.3 Å². The van der Waals surface area contributed by atoms with E-state index < -0.39 is 0 Å². The Morgan fingerprint density at radius 2 is 2.00 bits per heavy atom. The highest BCUT2D eigenvalue weighted by Gasteiger charge is 2.09. The van der Waals surface area contributed by atoms with Gasteiger partial charge in [0.1, 0.15) is 0 Å². The molecule has 0 fully saturated rings. The monoisotopic (exact) mass is 262 g/mol. The van der Waals surface area contributed by atoms with Crippen LogP contribution in [-0.4, -0.2) is 19.2 Å². The van der Waals surface area contributed by atoms with Gasteiger partial charge in [-0.3, -0.25) is 0 Å². The Kier molecular flexibility index (Phi) is 6.90. The summed E-state index contributed by atoms with van der Waals surface area (Å²) < 4.78 is 10.7. The maximum Gasteiger partial charge on any atom is 0.330 e. The fraction of sp³-hybridized carbons (Fsp3) is 0.438. The fourth-order valence-corrected chi connectivity index (χ4v) is 1.75. The second kappa shape index (κ2) is 8.48. The van der Waals surface area contributed by atoms with Gasteiger partial charge in [-0.2, -0.15) is 0 Å². The lowest BCUT2D eigenvalue weighted by Crippen LogP contribution is -2.08. The summed E-state index contributed by atoms with van der Waals surface area (Å²) in [6.45, 7) is 8.46. The molecule has 0 saturated heterocycles. The SMILES string of the molecule is C=CC(=O)OCCCOC(CC)c1ccc(C)cc1. The number of esters is 1. The van der Waals surface area contributed by atoms with Crippen LogP contribution in [0.2, 0.25) is 0 Å². The van der Waals surface area contributed by atoms with E-state index in [1.807, 2.05) is 0 Å². The first kappa shape index (κ1) is 15.4. The second-order valence-corrected chi connectivity index (χ2v) is 4.40. The molecule has 0 N–H and O–H groups in total. The molecule has 0 saturated carbocycles. The summed E-state index contributed by atoms with van der Waals surface area (Å²) in [4.78, 5) is 10.8. The van der Waals surface area contributed by atoms with Gasteiger partial charge in [0.05, 0.1) is 19.3 Å². The molecule has 3 heteroatoms. The Labute approximate surface area is 115 Å². The number of benzene rings is 1. The summed E-state index contributed by atoms with van der Waals surface area (Å²) in [5.41, 5.74) is 2.44. The molecule has 1 rings (SSSR count). The standard InChI is InChI=1S/C16H22O3/c1-4-15(14-9-7-13(3)8-10-14)18-11-6-12-19-16(17)5-2/h5,7-10,15H,2,4,6,11-12H2,1,3H3. The van der Waals surface area contributed by atoms with Gasteiger partial charge in [-0.15, -0.1) is 0 Å². The molecule has 3 nitrogen and oxygen atoms in total. The minimum atomic E-state index is -0.384. The minimum absolute atomic E-state index is 0.107. The number of aryl methyl sites for hydroxylation is 1. The van der Waals surface area contributed by atoms with E-state index in [-0.39, 0.29) is 12.1 Å². The average molecular weight is 262 g/mol. The van der Waals surface area contributed by atoms with Crippen LogP contribution in [0.1, 0.15) is 37.0 Å². The van der Waals surface area contributed by atoms with Crippen LogP contribution in [0.25, 0.3) is 0 Å². The molecule has 1 aromatic carbocycles. The van der Waals surface area contributed by atoms with E-state index in [2.05, 4.69) is 44.7 Å². The molecule has 0 heterocycles. The van der Waals surface area contributed by atoms with Gasteiger partial charge in [0, 0.05) is 12.5 Å². The summed E-state index contributed by atoms with van der Waals surface area (Å²) in [6.07, 6.45) is 2.90. The summed E-state index contributed by atoms with van der Waals surface area (Å²) >= 11 is 0. The fourth-order valence-electron chi connectivity index (χ4n) is 1.75. The molecule has 0 aliphatic rings. The van der Waals surface area contributed by atoms with Crippen LogP contribution < -0.4 is 0 Å². The van der Waals surface area contributed by atoms with Crippen LogP contribution in [0, 0.1) is 6.92 Å². The second-order valence-electron chi connectivity index (χ2n) is 4.40. The first-order chi connectivity index (χ1) is 9.17. The Hall–Kier alpha value is -1.61. The molecule has 0 amide bonds. The topological polar surface area (TPSA) is 35.5 Å². The van der Waals surface area contributed by atoms with Crippen molar-refractivity contribution in [1.29, 1.82) is 0 Å². The number of hydrogen-bond donors (Lipinski definition) is 0. The highest BCUT2D eigenvalue weighted by molar-refractivity contribution is 5.81. The molecule has 1 atom stereocenters. The molecule has 1 unspecified atom stereocenters. The maximum atomic E-state index is 10.8. The molecule has 0 aromatic heterocycles. The van der Waals surface area contributed by atoms with Gasteiger partial charge >= 0.3 is 5.97 Å². The van der Waals surface area contributed by atoms with Crippen LogP contribution in [0.5, 0.6) is 0 Å². The zero-order valence-electron chi connectivity index (χ0n) is 11.7. The lowest BCUT2D eigenvalue weighted by molar-refractivity contribution is -0.138. The molecule has 0 spiro atoms. The van der Waals surface area contributed by atoms with Crippen molar-refractivity contribution in [2.24, 2.45) is 0 Å². The predicted molar refractivity (Wildman–Crippen MR) is 75.9 cm³/mol. The number of carbonyl (C=O) groups is 1. The van der Waals surface area contributed by atoms with E-state index in [0.717, 1.165) is 6.42 Å². The summed E-state index contributed by atoms with van der Waals surface area (Å²) in [6, 6.07) is 8.38. The minimum Gasteiger partial charge on any atom is -0.462 e. The van der Waals surface area contributed by atoms with Crippen molar-refractivity contribution in [1.82, 2.24) is 0 Å². The average Bonchev–Trinajstić information content (AvgIpc) is 2.43. The quantitative estimate of drug-likeness (QED) is 0.408. The van der Waals surface area contributed by atoms with Gasteiger partial charge in [-0.25, -0.2) is 4.79 Å². The van der Waals surface area contributed by atoms with Crippen molar-refractivity contribution in [3.05, 3.63) is 48.0 Å². The highest BCUT2D eigenvalue weighted by atomic mass is 16.5. The highest BCUT2D eigenvalue weighted by Crippen LogP contribution is 2.21. The molecule has 19 heavy (non-hydrogen) atoms. The lowest BCUT2D eigenvalue weighted by atomic mass is 10.1. The molecular formula is C16H22O3. The number of rotatable bonds is 8. The van der Waals surface area contributed by atoms with Crippen molar-refractivity contribution in [3.63, 3.8) is 0 Å². The smallest absolute Gasteiger partial charge is 0.330 e. The molecule has 0 aliphatic heterocycles. The first-order valence-electron chi connectivity index (χ1n) is 6.64. The van der Waals surface area contributed by atoms with E-state index in [4.69, 9.17) is 9.47 Å².